The Bertz CT molecular complexity index is 843. The zero-order chi connectivity index (χ0) is 15.7. The highest BCUT2D eigenvalue weighted by Gasteiger charge is 2.09. The number of carbonyl (C=O) groups is 1. The molecule has 0 saturated carbocycles. The van der Waals surface area contributed by atoms with E-state index in [1.165, 1.54) is 24.4 Å². The number of amides is 1. The van der Waals surface area contributed by atoms with Crippen molar-refractivity contribution >= 4 is 34.8 Å². The minimum absolute atomic E-state index is 0.215. The van der Waals surface area contributed by atoms with Crippen LogP contribution in [0.1, 0.15) is 16.1 Å². The lowest BCUT2D eigenvalue weighted by atomic mass is 10.2. The van der Waals surface area contributed by atoms with Gasteiger partial charge in [-0.25, -0.2) is 9.37 Å². The SMILES string of the molecule is O=C(NCc1cn2cc(F)ccc2n1)c1cc(Cl)cc(Cl)c1. The monoisotopic (exact) mass is 337 g/mol. The molecule has 4 nitrogen and oxygen atoms in total. The second kappa shape index (κ2) is 5.94. The third-order valence-electron chi connectivity index (χ3n) is 3.02. The van der Waals surface area contributed by atoms with Gasteiger partial charge >= 0.3 is 0 Å². The quantitative estimate of drug-likeness (QED) is 0.791. The Labute approximate surface area is 135 Å². The molecular formula is C15H10Cl2FN3O. The highest BCUT2D eigenvalue weighted by Crippen LogP contribution is 2.19. The molecule has 1 amide bonds. The Balaban J connectivity index is 1.74. The molecular weight excluding hydrogens is 328 g/mol. The summed E-state index contributed by atoms with van der Waals surface area (Å²) in [6, 6.07) is 7.51. The number of hydrogen-bond acceptors (Lipinski definition) is 2. The van der Waals surface area contributed by atoms with E-state index in [-0.39, 0.29) is 18.3 Å². The second-order valence-corrected chi connectivity index (χ2v) is 5.56. The first-order chi connectivity index (χ1) is 10.5. The maximum absolute atomic E-state index is 13.1. The van der Waals surface area contributed by atoms with Gasteiger partial charge in [0.05, 0.1) is 12.2 Å². The predicted octanol–water partition coefficient (Wildman–Crippen LogP) is 3.71. The van der Waals surface area contributed by atoms with E-state index < -0.39 is 0 Å². The third-order valence-corrected chi connectivity index (χ3v) is 3.46. The van der Waals surface area contributed by atoms with Crippen molar-refractivity contribution in [3.05, 3.63) is 69.8 Å². The van der Waals surface area contributed by atoms with Crippen LogP contribution in [0.15, 0.2) is 42.7 Å². The number of benzene rings is 1. The van der Waals surface area contributed by atoms with Crippen molar-refractivity contribution in [2.75, 3.05) is 0 Å². The molecule has 3 aromatic rings. The van der Waals surface area contributed by atoms with Gasteiger partial charge in [0.15, 0.2) is 0 Å². The van der Waals surface area contributed by atoms with Gasteiger partial charge in [-0.15, -0.1) is 0 Å². The molecule has 2 aromatic heterocycles. The van der Waals surface area contributed by atoms with Crippen LogP contribution in [-0.2, 0) is 6.54 Å². The number of fused-ring (bicyclic) bond motifs is 1. The summed E-state index contributed by atoms with van der Waals surface area (Å²) >= 11 is 11.7. The van der Waals surface area contributed by atoms with Crippen molar-refractivity contribution in [2.24, 2.45) is 0 Å². The van der Waals surface area contributed by atoms with E-state index in [1.807, 2.05) is 0 Å². The van der Waals surface area contributed by atoms with Gasteiger partial charge in [0.2, 0.25) is 0 Å². The number of hydrogen-bond donors (Lipinski definition) is 1. The number of pyridine rings is 1. The molecule has 0 aliphatic heterocycles. The molecule has 112 valence electrons. The zero-order valence-corrected chi connectivity index (χ0v) is 12.7. The van der Waals surface area contributed by atoms with E-state index in [4.69, 9.17) is 23.2 Å². The van der Waals surface area contributed by atoms with Crippen LogP contribution < -0.4 is 5.32 Å². The first-order valence-electron chi connectivity index (χ1n) is 6.39. The largest absolute Gasteiger partial charge is 0.346 e. The lowest BCUT2D eigenvalue weighted by Gasteiger charge is -2.04. The minimum Gasteiger partial charge on any atom is -0.346 e. The summed E-state index contributed by atoms with van der Waals surface area (Å²) in [6.07, 6.45) is 2.98. The summed E-state index contributed by atoms with van der Waals surface area (Å²) in [5.41, 5.74) is 1.59. The van der Waals surface area contributed by atoms with Gasteiger partial charge in [-0.2, -0.15) is 0 Å². The smallest absolute Gasteiger partial charge is 0.251 e. The number of imidazole rings is 1. The van der Waals surface area contributed by atoms with Crippen LogP contribution >= 0.6 is 23.2 Å². The Morgan fingerprint density at radius 3 is 2.64 bits per heavy atom. The molecule has 0 spiro atoms. The van der Waals surface area contributed by atoms with Crippen LogP contribution in [0.5, 0.6) is 0 Å². The Hall–Kier alpha value is -2.11. The van der Waals surface area contributed by atoms with Crippen molar-refractivity contribution in [3.63, 3.8) is 0 Å². The van der Waals surface area contributed by atoms with E-state index >= 15 is 0 Å². The van der Waals surface area contributed by atoms with Crippen molar-refractivity contribution < 1.29 is 9.18 Å². The molecule has 0 atom stereocenters. The molecule has 0 aliphatic carbocycles. The highest BCUT2D eigenvalue weighted by molar-refractivity contribution is 6.35. The van der Waals surface area contributed by atoms with Gasteiger partial charge in [0, 0.05) is 28.0 Å². The molecule has 0 saturated heterocycles. The first-order valence-corrected chi connectivity index (χ1v) is 7.14. The molecule has 0 fully saturated rings. The second-order valence-electron chi connectivity index (χ2n) is 4.69. The molecule has 0 bridgehead atoms. The Morgan fingerprint density at radius 2 is 1.91 bits per heavy atom. The number of aromatic nitrogens is 2. The van der Waals surface area contributed by atoms with E-state index in [0.29, 0.717) is 26.9 Å². The van der Waals surface area contributed by atoms with Crippen LogP contribution in [0.25, 0.3) is 5.65 Å². The van der Waals surface area contributed by atoms with Gasteiger partial charge in [-0.3, -0.25) is 4.79 Å². The lowest BCUT2D eigenvalue weighted by molar-refractivity contribution is 0.0950. The summed E-state index contributed by atoms with van der Waals surface area (Å²) in [6.45, 7) is 0.215. The van der Waals surface area contributed by atoms with Gasteiger partial charge in [0.1, 0.15) is 11.5 Å². The number of nitrogens with one attached hydrogen (secondary N) is 1. The highest BCUT2D eigenvalue weighted by atomic mass is 35.5. The maximum Gasteiger partial charge on any atom is 0.251 e. The Kier molecular flexibility index (Phi) is 4.00. The molecule has 1 aromatic carbocycles. The summed E-state index contributed by atoms with van der Waals surface area (Å²) in [4.78, 5) is 16.4. The Morgan fingerprint density at radius 1 is 1.18 bits per heavy atom. The van der Waals surface area contributed by atoms with Crippen LogP contribution in [0, 0.1) is 5.82 Å². The molecule has 0 aliphatic rings. The molecule has 0 unspecified atom stereocenters. The average molecular weight is 338 g/mol. The fourth-order valence-electron chi connectivity index (χ4n) is 2.06. The van der Waals surface area contributed by atoms with Crippen molar-refractivity contribution in [1.29, 1.82) is 0 Å². The van der Waals surface area contributed by atoms with Crippen LogP contribution in [0.3, 0.4) is 0 Å². The third kappa shape index (κ3) is 3.21. The number of carbonyl (C=O) groups excluding carboxylic acids is 1. The maximum atomic E-state index is 13.1. The van der Waals surface area contributed by atoms with E-state index in [2.05, 4.69) is 10.3 Å². The van der Waals surface area contributed by atoms with Crippen molar-refractivity contribution in [3.8, 4) is 0 Å². The van der Waals surface area contributed by atoms with Gasteiger partial charge in [-0.05, 0) is 30.3 Å². The predicted molar refractivity (Wildman–Crippen MR) is 82.8 cm³/mol. The minimum atomic E-state index is -0.353. The van der Waals surface area contributed by atoms with Crippen molar-refractivity contribution in [2.45, 2.75) is 6.54 Å². The van der Waals surface area contributed by atoms with E-state index in [0.717, 1.165) is 0 Å². The molecule has 2 heterocycles. The summed E-state index contributed by atoms with van der Waals surface area (Å²) in [5, 5.41) is 3.50. The standard InChI is InChI=1S/C15H10Cl2FN3O/c16-10-3-9(4-11(17)5-10)15(22)19-6-13-8-21-7-12(18)1-2-14(21)20-13/h1-5,7-8H,6H2,(H,19,22). The molecule has 7 heteroatoms. The summed E-state index contributed by atoms with van der Waals surface area (Å²) in [7, 11) is 0. The van der Waals surface area contributed by atoms with E-state index in [9.17, 15) is 9.18 Å². The van der Waals surface area contributed by atoms with Crippen molar-refractivity contribution in [1.82, 2.24) is 14.7 Å². The number of rotatable bonds is 3. The van der Waals surface area contributed by atoms with Crippen LogP contribution in [-0.4, -0.2) is 15.3 Å². The van der Waals surface area contributed by atoms with Crippen LogP contribution in [0.2, 0.25) is 10.0 Å². The topological polar surface area (TPSA) is 46.4 Å². The normalized spacial score (nSPS) is 10.9. The number of nitrogens with zero attached hydrogens (tertiary/aromatic N) is 2. The summed E-state index contributed by atoms with van der Waals surface area (Å²) in [5.74, 6) is -0.665. The van der Waals surface area contributed by atoms with Crippen LogP contribution in [0.4, 0.5) is 4.39 Å². The average Bonchev–Trinajstić information content (AvgIpc) is 2.85. The summed E-state index contributed by atoms with van der Waals surface area (Å²) < 4.78 is 14.7. The fourth-order valence-corrected chi connectivity index (χ4v) is 2.59. The molecule has 3 rings (SSSR count). The van der Waals surface area contributed by atoms with Gasteiger partial charge in [0.25, 0.3) is 5.91 Å². The molecule has 0 radical (unpaired) electrons. The number of halogens is 3. The van der Waals surface area contributed by atoms with Gasteiger partial charge in [-0.1, -0.05) is 23.2 Å². The fraction of sp³-hybridized carbons (Fsp3) is 0.0667. The lowest BCUT2D eigenvalue weighted by Crippen LogP contribution is -2.22. The molecule has 22 heavy (non-hydrogen) atoms. The zero-order valence-electron chi connectivity index (χ0n) is 11.2. The van der Waals surface area contributed by atoms with E-state index in [1.54, 1.807) is 22.7 Å². The van der Waals surface area contributed by atoms with Gasteiger partial charge < -0.3 is 9.72 Å². The first kappa shape index (κ1) is 14.8. The molecule has 1 N–H and O–H groups in total.